The Labute approximate surface area is 182 Å². The topological polar surface area (TPSA) is 107 Å². The second-order valence-corrected chi connectivity index (χ2v) is 7.22. The van der Waals surface area contributed by atoms with E-state index >= 15 is 0 Å². The number of hydrogen-bond donors (Lipinski definition) is 0. The van der Waals surface area contributed by atoms with Crippen molar-refractivity contribution in [1.29, 1.82) is 0 Å². The second kappa shape index (κ2) is 7.69. The minimum Gasteiger partial charge on any atom is -0.403 e. The normalized spacial score (nSPS) is 15.0. The Hall–Kier alpha value is -4.40. The van der Waals surface area contributed by atoms with Crippen molar-refractivity contribution in [3.63, 3.8) is 0 Å². The van der Waals surface area contributed by atoms with E-state index in [0.29, 0.717) is 11.4 Å². The maximum absolute atomic E-state index is 13.1. The van der Waals surface area contributed by atoms with Gasteiger partial charge in [-0.1, -0.05) is 18.2 Å². The summed E-state index contributed by atoms with van der Waals surface area (Å²) in [4.78, 5) is 44.2. The molecule has 3 aromatic heterocycles. The highest BCUT2D eigenvalue weighted by Gasteiger charge is 2.44. The molecular formula is C23H17N5O4. The van der Waals surface area contributed by atoms with E-state index in [1.165, 1.54) is 17.3 Å². The summed E-state index contributed by atoms with van der Waals surface area (Å²) in [5, 5.41) is 0.862. The third-order valence-corrected chi connectivity index (χ3v) is 5.01. The van der Waals surface area contributed by atoms with Gasteiger partial charge in [-0.05, 0) is 49.7 Å². The number of aryl methyl sites for hydroxylation is 2. The molecule has 4 heterocycles. The van der Waals surface area contributed by atoms with Gasteiger partial charge in [0.1, 0.15) is 17.3 Å². The summed E-state index contributed by atoms with van der Waals surface area (Å²) in [6.45, 7) is 3.84. The highest BCUT2D eigenvalue weighted by Crippen LogP contribution is 2.36. The van der Waals surface area contributed by atoms with Gasteiger partial charge < -0.3 is 9.47 Å². The molecule has 1 unspecified atom stereocenters. The smallest absolute Gasteiger partial charge is 0.403 e. The Morgan fingerprint density at radius 3 is 2.59 bits per heavy atom. The summed E-state index contributed by atoms with van der Waals surface area (Å²) in [7, 11) is 0. The Morgan fingerprint density at radius 2 is 1.78 bits per heavy atom. The van der Waals surface area contributed by atoms with Crippen LogP contribution < -0.4 is 9.64 Å². The van der Waals surface area contributed by atoms with E-state index in [9.17, 15) is 9.59 Å². The summed E-state index contributed by atoms with van der Waals surface area (Å²) in [5.74, 6) is 0.0888. The fraction of sp³-hybridized carbons (Fsp3) is 0.130. The number of amides is 1. The first kappa shape index (κ1) is 19.6. The highest BCUT2D eigenvalue weighted by molar-refractivity contribution is 6.09. The molecule has 9 heteroatoms. The van der Waals surface area contributed by atoms with Crippen molar-refractivity contribution in [1.82, 2.24) is 19.9 Å². The van der Waals surface area contributed by atoms with E-state index in [1.54, 1.807) is 36.4 Å². The number of hydrogen-bond acceptors (Lipinski definition) is 8. The maximum atomic E-state index is 13.1. The summed E-state index contributed by atoms with van der Waals surface area (Å²) in [5.41, 5.74) is 2.59. The highest BCUT2D eigenvalue weighted by atomic mass is 16.7. The molecule has 0 N–H and O–H groups in total. The predicted molar refractivity (Wildman–Crippen MR) is 114 cm³/mol. The third-order valence-electron chi connectivity index (χ3n) is 5.01. The van der Waals surface area contributed by atoms with Crippen LogP contribution >= 0.6 is 0 Å². The number of carbonyl (C=O) groups excluding carboxylic acids is 2. The maximum Gasteiger partial charge on any atom is 0.516 e. The molecule has 158 valence electrons. The van der Waals surface area contributed by atoms with Crippen LogP contribution in [0.15, 0.2) is 60.9 Å². The molecule has 9 nitrogen and oxygen atoms in total. The fourth-order valence-corrected chi connectivity index (χ4v) is 3.63. The lowest BCUT2D eigenvalue weighted by Crippen LogP contribution is -2.32. The number of fused-ring (bicyclic) bond motifs is 2. The Morgan fingerprint density at radius 1 is 1.00 bits per heavy atom. The molecule has 0 saturated carbocycles. The van der Waals surface area contributed by atoms with Crippen LogP contribution in [-0.2, 0) is 4.74 Å². The van der Waals surface area contributed by atoms with Gasteiger partial charge in [-0.25, -0.2) is 24.6 Å². The number of benzene rings is 1. The molecule has 32 heavy (non-hydrogen) atoms. The zero-order valence-corrected chi connectivity index (χ0v) is 17.2. The molecule has 1 aliphatic rings. The van der Waals surface area contributed by atoms with Gasteiger partial charge >= 0.3 is 6.16 Å². The molecule has 0 aliphatic carbocycles. The zero-order valence-electron chi connectivity index (χ0n) is 17.2. The lowest BCUT2D eigenvalue weighted by molar-refractivity contribution is 0.0555. The lowest BCUT2D eigenvalue weighted by atomic mass is 10.1. The van der Waals surface area contributed by atoms with Crippen molar-refractivity contribution in [3.8, 4) is 5.75 Å². The number of aromatic nitrogens is 4. The third kappa shape index (κ3) is 3.39. The molecule has 1 aliphatic heterocycles. The van der Waals surface area contributed by atoms with Crippen LogP contribution in [0.2, 0.25) is 0 Å². The van der Waals surface area contributed by atoms with Crippen LogP contribution in [0.25, 0.3) is 11.0 Å². The molecular weight excluding hydrogens is 410 g/mol. The van der Waals surface area contributed by atoms with Crippen molar-refractivity contribution in [2.45, 2.75) is 20.1 Å². The molecule has 1 amide bonds. The van der Waals surface area contributed by atoms with E-state index in [0.717, 1.165) is 16.6 Å². The van der Waals surface area contributed by atoms with Gasteiger partial charge in [0, 0.05) is 23.5 Å². The van der Waals surface area contributed by atoms with E-state index in [2.05, 4.69) is 19.9 Å². The summed E-state index contributed by atoms with van der Waals surface area (Å²) < 4.78 is 10.8. The summed E-state index contributed by atoms with van der Waals surface area (Å²) in [6.07, 6.45) is 0.666. The first-order valence-electron chi connectivity index (χ1n) is 9.84. The molecule has 0 saturated heterocycles. The molecule has 0 radical (unpaired) electrons. The monoisotopic (exact) mass is 427 g/mol. The number of para-hydroxylation sites is 1. The van der Waals surface area contributed by atoms with Crippen LogP contribution in [0.1, 0.15) is 33.7 Å². The van der Waals surface area contributed by atoms with Gasteiger partial charge in [0.15, 0.2) is 11.3 Å². The number of rotatable bonds is 3. The lowest BCUT2D eigenvalue weighted by Gasteiger charge is -2.23. The Balaban J connectivity index is 1.53. The molecule has 0 spiro atoms. The molecule has 1 aromatic carbocycles. The summed E-state index contributed by atoms with van der Waals surface area (Å²) >= 11 is 0. The molecule has 4 aromatic rings. The van der Waals surface area contributed by atoms with E-state index in [1.807, 2.05) is 26.0 Å². The number of ether oxygens (including phenoxy) is 2. The van der Waals surface area contributed by atoms with Crippen LogP contribution in [0, 0.1) is 13.8 Å². The van der Waals surface area contributed by atoms with Gasteiger partial charge in [-0.15, -0.1) is 0 Å². The van der Waals surface area contributed by atoms with Crippen molar-refractivity contribution in [2.75, 3.05) is 4.90 Å². The fourth-order valence-electron chi connectivity index (χ4n) is 3.63. The van der Waals surface area contributed by atoms with Crippen LogP contribution in [-0.4, -0.2) is 32.0 Å². The van der Waals surface area contributed by atoms with Crippen LogP contribution in [0.5, 0.6) is 5.75 Å². The van der Waals surface area contributed by atoms with Crippen LogP contribution in [0.3, 0.4) is 0 Å². The first-order chi connectivity index (χ1) is 15.5. The molecule has 0 fully saturated rings. The van der Waals surface area contributed by atoms with Crippen molar-refractivity contribution >= 4 is 28.9 Å². The zero-order chi connectivity index (χ0) is 22.2. The molecule has 1 atom stereocenters. The van der Waals surface area contributed by atoms with Crippen molar-refractivity contribution in [3.05, 3.63) is 83.6 Å². The predicted octanol–water partition coefficient (Wildman–Crippen LogP) is 3.91. The first-order valence-corrected chi connectivity index (χ1v) is 9.84. The number of nitrogens with zero attached hydrogens (tertiary/aromatic N) is 5. The van der Waals surface area contributed by atoms with Gasteiger partial charge in [0.05, 0.1) is 0 Å². The quantitative estimate of drug-likeness (QED) is 0.358. The Kier molecular flexibility index (Phi) is 4.70. The van der Waals surface area contributed by atoms with Gasteiger partial charge in [-0.3, -0.25) is 9.78 Å². The van der Waals surface area contributed by atoms with Gasteiger partial charge in [0.2, 0.25) is 6.23 Å². The largest absolute Gasteiger partial charge is 0.516 e. The van der Waals surface area contributed by atoms with Crippen LogP contribution in [0.4, 0.5) is 10.6 Å². The molecule has 5 rings (SSSR count). The van der Waals surface area contributed by atoms with E-state index in [4.69, 9.17) is 9.47 Å². The minimum atomic E-state index is -1.18. The van der Waals surface area contributed by atoms with E-state index in [-0.39, 0.29) is 17.2 Å². The second-order valence-electron chi connectivity index (χ2n) is 7.22. The average Bonchev–Trinajstić information content (AvgIpc) is 3.05. The van der Waals surface area contributed by atoms with Gasteiger partial charge in [0.25, 0.3) is 5.91 Å². The van der Waals surface area contributed by atoms with Gasteiger partial charge in [-0.2, -0.15) is 0 Å². The van der Waals surface area contributed by atoms with Crippen molar-refractivity contribution < 1.29 is 19.1 Å². The van der Waals surface area contributed by atoms with E-state index < -0.39 is 18.3 Å². The molecule has 0 bridgehead atoms. The number of pyridine rings is 2. The number of carbonyl (C=O) groups is 2. The standard InChI is InChI=1S/C23H17N5O4/c1-13-12-14(2)26-20-16(13)8-9-17(27-20)28-21(29)18-19(25-11-10-24-18)22(28)32-23(30)31-15-6-4-3-5-7-15/h3-12,22H,1-2H3. The SMILES string of the molecule is Cc1cc(C)c2ccc(N3C(=O)c4nccnc4C3OC(=O)Oc3ccccc3)nc2n1. The number of anilines is 1. The minimum absolute atomic E-state index is 0.0836. The van der Waals surface area contributed by atoms with Crippen molar-refractivity contribution in [2.24, 2.45) is 0 Å². The average molecular weight is 427 g/mol. The summed E-state index contributed by atoms with van der Waals surface area (Å²) in [6, 6.07) is 14.0. The Bertz CT molecular complexity index is 1360.